The van der Waals surface area contributed by atoms with Gasteiger partial charge in [-0.05, 0) is 23.6 Å². The lowest BCUT2D eigenvalue weighted by molar-refractivity contribution is 0.439. The van der Waals surface area contributed by atoms with Crippen LogP contribution in [0.1, 0.15) is 49.8 Å². The molecule has 0 atom stereocenters. The molecule has 126 valence electrons. The number of aromatic nitrogens is 1. The van der Waals surface area contributed by atoms with E-state index in [0.717, 1.165) is 29.2 Å². The van der Waals surface area contributed by atoms with E-state index in [1.807, 2.05) is 24.3 Å². The van der Waals surface area contributed by atoms with E-state index in [2.05, 4.69) is 53.6 Å². The van der Waals surface area contributed by atoms with Crippen molar-refractivity contribution < 1.29 is 4.42 Å². The van der Waals surface area contributed by atoms with Crippen LogP contribution in [0, 0.1) is 11.3 Å². The summed E-state index contributed by atoms with van der Waals surface area (Å²) in [5.41, 5.74) is 4.04. The Morgan fingerprint density at radius 2 is 1.96 bits per heavy atom. The van der Waals surface area contributed by atoms with Gasteiger partial charge in [0.05, 0.1) is 6.21 Å². The van der Waals surface area contributed by atoms with Gasteiger partial charge in [-0.25, -0.2) is 10.4 Å². The molecule has 0 fully saturated rings. The lowest BCUT2D eigenvalue weighted by atomic mass is 10.0. The van der Waals surface area contributed by atoms with Crippen molar-refractivity contribution in [2.75, 3.05) is 5.43 Å². The molecule has 0 bridgehead atoms. The normalized spacial score (nSPS) is 11.3. The number of nitriles is 1. The number of hydrogen-bond acceptors (Lipinski definition) is 5. The lowest BCUT2D eigenvalue weighted by Gasteiger charge is -2.05. The zero-order valence-electron chi connectivity index (χ0n) is 14.4. The molecule has 0 aliphatic rings. The van der Waals surface area contributed by atoms with Gasteiger partial charge in [-0.15, -0.1) is 0 Å². The fourth-order valence-electron chi connectivity index (χ4n) is 2.82. The Hall–Kier alpha value is -3.13. The summed E-state index contributed by atoms with van der Waals surface area (Å²) in [6, 6.07) is 16.2. The van der Waals surface area contributed by atoms with E-state index in [0.29, 0.717) is 11.8 Å². The largest absolute Gasteiger partial charge is 0.422 e. The number of oxazole rings is 1. The molecule has 2 aromatic carbocycles. The smallest absolute Gasteiger partial charge is 0.252 e. The molecule has 0 amide bonds. The summed E-state index contributed by atoms with van der Waals surface area (Å²) >= 11 is 0. The summed E-state index contributed by atoms with van der Waals surface area (Å²) in [4.78, 5) is 4.28. The fourth-order valence-corrected chi connectivity index (χ4v) is 2.82. The Morgan fingerprint density at radius 3 is 2.72 bits per heavy atom. The zero-order valence-corrected chi connectivity index (χ0v) is 14.4. The topological polar surface area (TPSA) is 74.2 Å². The number of anilines is 1. The highest BCUT2D eigenvalue weighted by Crippen LogP contribution is 2.27. The van der Waals surface area contributed by atoms with E-state index >= 15 is 0 Å². The van der Waals surface area contributed by atoms with E-state index < -0.39 is 0 Å². The summed E-state index contributed by atoms with van der Waals surface area (Å²) in [6.45, 7) is 4.16. The van der Waals surface area contributed by atoms with E-state index in [9.17, 15) is 5.26 Å². The summed E-state index contributed by atoms with van der Waals surface area (Å²) in [5, 5.41) is 15.8. The van der Waals surface area contributed by atoms with Crippen molar-refractivity contribution in [1.29, 1.82) is 5.26 Å². The van der Waals surface area contributed by atoms with Gasteiger partial charge >= 0.3 is 0 Å². The van der Waals surface area contributed by atoms with Crippen molar-refractivity contribution in [1.82, 2.24) is 4.98 Å². The molecule has 1 heterocycles. The van der Waals surface area contributed by atoms with Crippen LogP contribution < -0.4 is 5.43 Å². The predicted octanol–water partition coefficient (Wildman–Crippen LogP) is 5.05. The first-order valence-electron chi connectivity index (χ1n) is 8.44. The molecule has 0 saturated heterocycles. The molecule has 0 radical (unpaired) electrons. The molecule has 5 heteroatoms. The Labute approximate surface area is 147 Å². The first-order valence-corrected chi connectivity index (χ1v) is 8.44. The van der Waals surface area contributed by atoms with Crippen LogP contribution in [0.2, 0.25) is 0 Å². The molecule has 3 rings (SSSR count). The maximum atomic E-state index is 9.25. The number of hydrogen-bond donors (Lipinski definition) is 1. The maximum absolute atomic E-state index is 9.25. The van der Waals surface area contributed by atoms with Crippen molar-refractivity contribution >= 4 is 22.9 Å². The molecule has 0 aliphatic heterocycles. The standard InChI is InChI=1S/C20H20N4O/c1-3-14(4-2)19-23-18(12-21)20(25-19)24-22-13-16-10-7-9-15-8-5-6-11-17(15)16/h5-11,13-14,24H,3-4H2,1-2H3/b22-13+. The molecule has 0 unspecified atom stereocenters. The number of rotatable bonds is 6. The quantitative estimate of drug-likeness (QED) is 0.506. The van der Waals surface area contributed by atoms with Gasteiger partial charge in [-0.2, -0.15) is 10.4 Å². The van der Waals surface area contributed by atoms with Gasteiger partial charge in [0.1, 0.15) is 6.07 Å². The second-order valence-corrected chi connectivity index (χ2v) is 5.79. The molecule has 25 heavy (non-hydrogen) atoms. The van der Waals surface area contributed by atoms with Crippen molar-refractivity contribution in [3.8, 4) is 6.07 Å². The Bertz CT molecular complexity index is 927. The van der Waals surface area contributed by atoms with E-state index in [1.165, 1.54) is 0 Å². The first-order chi connectivity index (χ1) is 12.3. The highest BCUT2D eigenvalue weighted by Gasteiger charge is 2.18. The summed E-state index contributed by atoms with van der Waals surface area (Å²) in [5.74, 6) is 1.09. The monoisotopic (exact) mass is 332 g/mol. The van der Waals surface area contributed by atoms with Crippen molar-refractivity contribution in [3.05, 3.63) is 59.6 Å². The van der Waals surface area contributed by atoms with Crippen molar-refractivity contribution in [2.45, 2.75) is 32.6 Å². The third kappa shape index (κ3) is 3.53. The average molecular weight is 332 g/mol. The fraction of sp³-hybridized carbons (Fsp3) is 0.250. The van der Waals surface area contributed by atoms with Crippen molar-refractivity contribution in [2.24, 2.45) is 5.10 Å². The highest BCUT2D eigenvalue weighted by molar-refractivity contribution is 5.99. The summed E-state index contributed by atoms with van der Waals surface area (Å²) in [7, 11) is 0. The van der Waals surface area contributed by atoms with E-state index in [1.54, 1.807) is 6.21 Å². The van der Waals surface area contributed by atoms with Crippen LogP contribution in [0.25, 0.3) is 10.8 Å². The number of benzene rings is 2. The van der Waals surface area contributed by atoms with Gasteiger partial charge in [0, 0.05) is 11.5 Å². The molecular formula is C20H20N4O. The maximum Gasteiger partial charge on any atom is 0.252 e. The number of nitrogens with zero attached hydrogens (tertiary/aromatic N) is 3. The SMILES string of the molecule is CCC(CC)c1nc(C#N)c(N/N=C/c2cccc3ccccc23)o1. The molecular weight excluding hydrogens is 312 g/mol. The zero-order chi connectivity index (χ0) is 17.6. The van der Waals surface area contributed by atoms with Gasteiger partial charge < -0.3 is 4.42 Å². The van der Waals surface area contributed by atoms with Crippen LogP contribution in [0.15, 0.2) is 52.0 Å². The second kappa shape index (κ2) is 7.63. The second-order valence-electron chi connectivity index (χ2n) is 5.79. The number of hydrazone groups is 1. The molecule has 0 saturated carbocycles. The van der Waals surface area contributed by atoms with E-state index in [-0.39, 0.29) is 11.6 Å². The Kier molecular flexibility index (Phi) is 5.10. The molecule has 0 spiro atoms. The molecule has 1 N–H and O–H groups in total. The van der Waals surface area contributed by atoms with Crippen LogP contribution in [-0.2, 0) is 0 Å². The minimum atomic E-state index is 0.213. The summed E-state index contributed by atoms with van der Waals surface area (Å²) < 4.78 is 5.72. The number of fused-ring (bicyclic) bond motifs is 1. The number of nitrogens with one attached hydrogen (secondary N) is 1. The van der Waals surface area contributed by atoms with Gasteiger partial charge in [0.2, 0.25) is 11.6 Å². The van der Waals surface area contributed by atoms with Gasteiger partial charge in [-0.1, -0.05) is 56.3 Å². The Morgan fingerprint density at radius 1 is 1.20 bits per heavy atom. The molecule has 1 aromatic heterocycles. The van der Waals surface area contributed by atoms with Gasteiger partial charge in [0.25, 0.3) is 5.88 Å². The highest BCUT2D eigenvalue weighted by atomic mass is 16.4. The van der Waals surface area contributed by atoms with Crippen molar-refractivity contribution in [3.63, 3.8) is 0 Å². The molecule has 3 aromatic rings. The van der Waals surface area contributed by atoms with Gasteiger partial charge in [0.15, 0.2) is 0 Å². The minimum absolute atomic E-state index is 0.213. The van der Waals surface area contributed by atoms with Gasteiger partial charge in [-0.3, -0.25) is 0 Å². The van der Waals surface area contributed by atoms with Crippen LogP contribution in [0.5, 0.6) is 0 Å². The van der Waals surface area contributed by atoms with Crippen LogP contribution >= 0.6 is 0 Å². The molecule has 5 nitrogen and oxygen atoms in total. The van der Waals surface area contributed by atoms with Crippen LogP contribution in [-0.4, -0.2) is 11.2 Å². The Balaban J connectivity index is 1.83. The summed E-state index contributed by atoms with van der Waals surface area (Å²) in [6.07, 6.45) is 3.56. The predicted molar refractivity (Wildman–Crippen MR) is 99.7 cm³/mol. The third-order valence-corrected chi connectivity index (χ3v) is 4.28. The van der Waals surface area contributed by atoms with E-state index in [4.69, 9.17) is 4.42 Å². The van der Waals surface area contributed by atoms with Crippen LogP contribution in [0.4, 0.5) is 5.88 Å². The third-order valence-electron chi connectivity index (χ3n) is 4.28. The minimum Gasteiger partial charge on any atom is -0.422 e. The average Bonchev–Trinajstić information content (AvgIpc) is 3.06. The first kappa shape index (κ1) is 16.7. The van der Waals surface area contributed by atoms with Crippen LogP contribution in [0.3, 0.4) is 0 Å². The molecule has 0 aliphatic carbocycles. The lowest BCUT2D eigenvalue weighted by Crippen LogP contribution is -1.95.